The molecule has 1 aliphatic rings. The summed E-state index contributed by atoms with van der Waals surface area (Å²) < 4.78 is 1.99. The second-order valence-electron chi connectivity index (χ2n) is 5.08. The zero-order valence-electron chi connectivity index (χ0n) is 11.2. The Hall–Kier alpha value is -0.940. The van der Waals surface area contributed by atoms with Crippen LogP contribution in [0, 0.1) is 5.92 Å². The predicted molar refractivity (Wildman–Crippen MR) is 77.4 cm³/mol. The van der Waals surface area contributed by atoms with Gasteiger partial charge in [-0.3, -0.25) is 9.58 Å². The van der Waals surface area contributed by atoms with Crippen LogP contribution in [0.1, 0.15) is 31.2 Å². The van der Waals surface area contributed by atoms with Crippen molar-refractivity contribution in [2.75, 3.05) is 13.1 Å². The van der Waals surface area contributed by atoms with Gasteiger partial charge < -0.3 is 5.73 Å². The molecule has 2 heterocycles. The molecule has 100 valence electrons. The molecule has 2 N–H and O–H groups in total. The first kappa shape index (κ1) is 13.5. The molecule has 0 radical (unpaired) electrons. The number of piperidine rings is 1. The van der Waals surface area contributed by atoms with Crippen LogP contribution in [0.3, 0.4) is 0 Å². The molecular formula is C13H22N4S. The Balaban J connectivity index is 2.00. The molecule has 1 unspecified atom stereocenters. The monoisotopic (exact) mass is 266 g/mol. The molecule has 1 aromatic rings. The Kier molecular flexibility index (Phi) is 4.35. The minimum absolute atomic E-state index is 0.382. The summed E-state index contributed by atoms with van der Waals surface area (Å²) in [6.07, 6.45) is 3.31. The average Bonchev–Trinajstić information content (AvgIpc) is 2.70. The fourth-order valence-electron chi connectivity index (χ4n) is 2.55. The molecule has 5 heteroatoms. The summed E-state index contributed by atoms with van der Waals surface area (Å²) in [7, 11) is 2.02. The van der Waals surface area contributed by atoms with Crippen molar-refractivity contribution in [2.45, 2.75) is 32.7 Å². The normalized spacial score (nSPS) is 21.1. The number of aryl methyl sites for hydroxylation is 2. The highest BCUT2D eigenvalue weighted by molar-refractivity contribution is 7.80. The van der Waals surface area contributed by atoms with Gasteiger partial charge in [-0.05, 0) is 31.9 Å². The molecule has 0 amide bonds. The minimum atomic E-state index is 0.382. The summed E-state index contributed by atoms with van der Waals surface area (Å²) in [5.74, 6) is 0.382. The topological polar surface area (TPSA) is 47.1 Å². The molecule has 0 aromatic carbocycles. The quantitative estimate of drug-likeness (QED) is 0.839. The summed E-state index contributed by atoms with van der Waals surface area (Å²) in [6.45, 7) is 5.20. The number of nitrogens with two attached hydrogens (primary N) is 1. The van der Waals surface area contributed by atoms with E-state index in [0.717, 1.165) is 38.2 Å². The highest BCUT2D eigenvalue weighted by Crippen LogP contribution is 2.19. The van der Waals surface area contributed by atoms with Gasteiger partial charge in [0.25, 0.3) is 0 Å². The Morgan fingerprint density at radius 1 is 1.61 bits per heavy atom. The van der Waals surface area contributed by atoms with Crippen LogP contribution in [0.2, 0.25) is 0 Å². The largest absolute Gasteiger partial charge is 0.393 e. The van der Waals surface area contributed by atoms with Gasteiger partial charge in [0.1, 0.15) is 0 Å². The lowest BCUT2D eigenvalue weighted by Crippen LogP contribution is -2.40. The smallest absolute Gasteiger partial charge is 0.0771 e. The Morgan fingerprint density at radius 3 is 3.00 bits per heavy atom. The van der Waals surface area contributed by atoms with E-state index < -0.39 is 0 Å². The molecule has 1 saturated heterocycles. The Labute approximate surface area is 114 Å². The maximum atomic E-state index is 5.77. The van der Waals surface area contributed by atoms with E-state index in [9.17, 15) is 0 Å². The lowest BCUT2D eigenvalue weighted by Gasteiger charge is -2.31. The molecule has 4 nitrogen and oxygen atoms in total. The van der Waals surface area contributed by atoms with Crippen molar-refractivity contribution in [1.29, 1.82) is 0 Å². The third-order valence-corrected chi connectivity index (χ3v) is 4.02. The molecule has 18 heavy (non-hydrogen) atoms. The molecule has 1 aromatic heterocycles. The van der Waals surface area contributed by atoms with Crippen LogP contribution in [0.4, 0.5) is 0 Å². The predicted octanol–water partition coefficient (Wildman–Crippen LogP) is 1.48. The number of likely N-dealkylation sites (tertiary alicyclic amines) is 1. The molecular weight excluding hydrogens is 244 g/mol. The zero-order chi connectivity index (χ0) is 13.1. The van der Waals surface area contributed by atoms with E-state index >= 15 is 0 Å². The number of rotatable bonds is 4. The Bertz CT molecular complexity index is 427. The third-order valence-electron chi connectivity index (χ3n) is 3.68. The highest BCUT2D eigenvalue weighted by Gasteiger charge is 2.22. The van der Waals surface area contributed by atoms with Crippen molar-refractivity contribution >= 4 is 17.2 Å². The van der Waals surface area contributed by atoms with E-state index in [1.54, 1.807) is 0 Å². The molecule has 0 saturated carbocycles. The summed E-state index contributed by atoms with van der Waals surface area (Å²) in [6, 6.07) is 2.20. The summed E-state index contributed by atoms with van der Waals surface area (Å²) in [4.78, 5) is 3.10. The molecule has 1 aliphatic heterocycles. The van der Waals surface area contributed by atoms with Crippen LogP contribution in [0.15, 0.2) is 6.07 Å². The average molecular weight is 266 g/mol. The van der Waals surface area contributed by atoms with E-state index in [1.165, 1.54) is 12.1 Å². The first-order valence-corrected chi connectivity index (χ1v) is 7.04. The summed E-state index contributed by atoms with van der Waals surface area (Å²) in [5.41, 5.74) is 8.20. The molecule has 1 fully saturated rings. The standard InChI is InChI=1S/C13H22N4S/c1-3-11-7-12(16(2)15-11)9-17-6-4-5-10(8-17)13(14)18/h7,10H,3-6,8-9H2,1-2H3,(H2,14,18). The van der Waals surface area contributed by atoms with Gasteiger partial charge in [-0.2, -0.15) is 5.10 Å². The maximum Gasteiger partial charge on any atom is 0.0771 e. The van der Waals surface area contributed by atoms with Crippen molar-refractivity contribution in [3.05, 3.63) is 17.5 Å². The van der Waals surface area contributed by atoms with Crippen LogP contribution in [0.25, 0.3) is 0 Å². The van der Waals surface area contributed by atoms with E-state index in [1.807, 2.05) is 11.7 Å². The number of thiocarbonyl (C=S) groups is 1. The maximum absolute atomic E-state index is 5.77. The van der Waals surface area contributed by atoms with Gasteiger partial charge in [-0.15, -0.1) is 0 Å². The van der Waals surface area contributed by atoms with Crippen molar-refractivity contribution in [1.82, 2.24) is 14.7 Å². The lowest BCUT2D eigenvalue weighted by molar-refractivity contribution is 0.193. The minimum Gasteiger partial charge on any atom is -0.393 e. The molecule has 0 spiro atoms. The van der Waals surface area contributed by atoms with E-state index in [4.69, 9.17) is 18.0 Å². The van der Waals surface area contributed by atoms with Crippen LogP contribution < -0.4 is 5.73 Å². The van der Waals surface area contributed by atoms with Gasteiger partial charge >= 0.3 is 0 Å². The van der Waals surface area contributed by atoms with Crippen LogP contribution in [-0.4, -0.2) is 32.8 Å². The van der Waals surface area contributed by atoms with Gasteiger partial charge in [-0.25, -0.2) is 0 Å². The molecule has 0 bridgehead atoms. The lowest BCUT2D eigenvalue weighted by atomic mass is 9.98. The number of aromatic nitrogens is 2. The van der Waals surface area contributed by atoms with E-state index in [0.29, 0.717) is 10.9 Å². The second-order valence-corrected chi connectivity index (χ2v) is 5.55. The highest BCUT2D eigenvalue weighted by atomic mass is 32.1. The first-order chi connectivity index (χ1) is 8.60. The van der Waals surface area contributed by atoms with Crippen LogP contribution in [-0.2, 0) is 20.0 Å². The van der Waals surface area contributed by atoms with E-state index in [-0.39, 0.29) is 0 Å². The number of hydrogen-bond donors (Lipinski definition) is 1. The fraction of sp³-hybridized carbons (Fsp3) is 0.692. The van der Waals surface area contributed by atoms with Crippen molar-refractivity contribution in [3.8, 4) is 0 Å². The third kappa shape index (κ3) is 3.09. The van der Waals surface area contributed by atoms with Gasteiger partial charge in [-0.1, -0.05) is 19.1 Å². The number of nitrogens with zero attached hydrogens (tertiary/aromatic N) is 3. The second kappa shape index (κ2) is 5.80. The zero-order valence-corrected chi connectivity index (χ0v) is 12.0. The van der Waals surface area contributed by atoms with Gasteiger partial charge in [0.05, 0.1) is 16.4 Å². The van der Waals surface area contributed by atoms with Crippen LogP contribution in [0.5, 0.6) is 0 Å². The fourth-order valence-corrected chi connectivity index (χ4v) is 2.75. The first-order valence-electron chi connectivity index (χ1n) is 6.63. The van der Waals surface area contributed by atoms with Gasteiger partial charge in [0.2, 0.25) is 0 Å². The van der Waals surface area contributed by atoms with Gasteiger partial charge in [0, 0.05) is 26.1 Å². The van der Waals surface area contributed by atoms with Crippen molar-refractivity contribution in [2.24, 2.45) is 18.7 Å². The summed E-state index contributed by atoms with van der Waals surface area (Å²) >= 11 is 5.12. The SMILES string of the molecule is CCc1cc(CN2CCCC(C(N)=S)C2)n(C)n1. The van der Waals surface area contributed by atoms with Crippen LogP contribution >= 0.6 is 12.2 Å². The van der Waals surface area contributed by atoms with Crippen molar-refractivity contribution in [3.63, 3.8) is 0 Å². The summed E-state index contributed by atoms with van der Waals surface area (Å²) in [5, 5.41) is 4.49. The molecule has 1 atom stereocenters. The molecule has 2 rings (SSSR count). The number of hydrogen-bond acceptors (Lipinski definition) is 3. The Morgan fingerprint density at radius 2 is 2.39 bits per heavy atom. The van der Waals surface area contributed by atoms with Gasteiger partial charge in [0.15, 0.2) is 0 Å². The van der Waals surface area contributed by atoms with Crippen molar-refractivity contribution < 1.29 is 0 Å². The molecule has 0 aliphatic carbocycles. The van der Waals surface area contributed by atoms with E-state index in [2.05, 4.69) is 23.0 Å².